The number of aryl methyl sites for hydroxylation is 2. The first-order valence-corrected chi connectivity index (χ1v) is 11.9. The number of ether oxygens (including phenoxy) is 1. The molecule has 1 aromatic carbocycles. The van der Waals surface area contributed by atoms with Crippen molar-refractivity contribution < 1.29 is 22.7 Å². The monoisotopic (exact) mass is 436 g/mol. The van der Waals surface area contributed by atoms with Crippen molar-refractivity contribution in [1.82, 2.24) is 0 Å². The van der Waals surface area contributed by atoms with E-state index in [-0.39, 0.29) is 6.54 Å². The van der Waals surface area contributed by atoms with Gasteiger partial charge in [-0.2, -0.15) is 0 Å². The summed E-state index contributed by atoms with van der Waals surface area (Å²) in [6.07, 6.45) is 3.66. The van der Waals surface area contributed by atoms with Crippen LogP contribution in [0.3, 0.4) is 0 Å². The van der Waals surface area contributed by atoms with E-state index in [1.54, 1.807) is 12.1 Å². The molecule has 9 heteroatoms. The molecule has 0 bridgehead atoms. The molecule has 1 aliphatic rings. The minimum Gasteiger partial charge on any atom is -0.465 e. The average molecular weight is 437 g/mol. The quantitative estimate of drug-likeness (QED) is 0.703. The molecule has 156 valence electrons. The summed E-state index contributed by atoms with van der Waals surface area (Å²) in [7, 11) is -2.38. The first-order valence-electron chi connectivity index (χ1n) is 9.20. The van der Waals surface area contributed by atoms with E-state index in [0.29, 0.717) is 16.3 Å². The molecular weight excluding hydrogens is 412 g/mol. The Bertz CT molecular complexity index is 1070. The zero-order chi connectivity index (χ0) is 21.3. The van der Waals surface area contributed by atoms with Crippen LogP contribution < -0.4 is 9.62 Å². The topological polar surface area (TPSA) is 92.8 Å². The van der Waals surface area contributed by atoms with E-state index in [2.05, 4.69) is 5.32 Å². The molecule has 1 amide bonds. The van der Waals surface area contributed by atoms with Crippen molar-refractivity contribution in [3.05, 3.63) is 45.3 Å². The molecule has 0 atom stereocenters. The molecule has 1 N–H and O–H groups in total. The summed E-state index contributed by atoms with van der Waals surface area (Å²) in [6.45, 7) is 3.32. The minimum atomic E-state index is -3.69. The lowest BCUT2D eigenvalue weighted by molar-refractivity contribution is -0.114. The predicted octanol–water partition coefficient (Wildman–Crippen LogP) is 3.04. The summed E-state index contributed by atoms with van der Waals surface area (Å²) in [6, 6.07) is 5.32. The second kappa shape index (κ2) is 8.16. The number of rotatable bonds is 6. The Morgan fingerprint density at radius 1 is 1.24 bits per heavy atom. The number of carbonyl (C=O) groups excluding carboxylic acids is 2. The number of amides is 1. The highest BCUT2D eigenvalue weighted by molar-refractivity contribution is 7.92. The second-order valence-electron chi connectivity index (χ2n) is 7.09. The third kappa shape index (κ3) is 4.30. The first kappa shape index (κ1) is 21.3. The van der Waals surface area contributed by atoms with Gasteiger partial charge in [-0.1, -0.05) is 12.1 Å². The van der Waals surface area contributed by atoms with Gasteiger partial charge < -0.3 is 10.1 Å². The summed E-state index contributed by atoms with van der Waals surface area (Å²) < 4.78 is 30.8. The fourth-order valence-corrected chi connectivity index (χ4v) is 5.69. The van der Waals surface area contributed by atoms with Gasteiger partial charge in [0.15, 0.2) is 0 Å². The zero-order valence-corrected chi connectivity index (χ0v) is 18.5. The highest BCUT2D eigenvalue weighted by Crippen LogP contribution is 2.39. The number of methoxy groups -OCH3 is 1. The van der Waals surface area contributed by atoms with Gasteiger partial charge in [0.25, 0.3) is 0 Å². The first-order chi connectivity index (χ1) is 13.6. The number of nitrogens with zero attached hydrogens (tertiary/aromatic N) is 1. The molecule has 0 unspecified atom stereocenters. The molecule has 1 heterocycles. The van der Waals surface area contributed by atoms with Crippen molar-refractivity contribution in [3.8, 4) is 0 Å². The summed E-state index contributed by atoms with van der Waals surface area (Å²) in [4.78, 5) is 26.1. The number of anilines is 2. The van der Waals surface area contributed by atoms with Crippen LogP contribution in [0.4, 0.5) is 10.7 Å². The lowest BCUT2D eigenvalue weighted by atomic mass is 10.1. The second-order valence-corrected chi connectivity index (χ2v) is 10.1. The molecule has 0 saturated carbocycles. The molecule has 1 aliphatic carbocycles. The van der Waals surface area contributed by atoms with Crippen LogP contribution in [0.25, 0.3) is 0 Å². The molecule has 3 rings (SSSR count). The van der Waals surface area contributed by atoms with Gasteiger partial charge in [-0.15, -0.1) is 11.3 Å². The molecule has 7 nitrogen and oxygen atoms in total. The predicted molar refractivity (Wildman–Crippen MR) is 114 cm³/mol. The van der Waals surface area contributed by atoms with Gasteiger partial charge >= 0.3 is 5.97 Å². The highest BCUT2D eigenvalue weighted by atomic mass is 32.2. The Morgan fingerprint density at radius 2 is 1.97 bits per heavy atom. The van der Waals surface area contributed by atoms with E-state index in [1.807, 2.05) is 19.9 Å². The van der Waals surface area contributed by atoms with Crippen LogP contribution in [0.5, 0.6) is 0 Å². The molecule has 0 saturated heterocycles. The number of carbonyl (C=O) groups is 2. The number of hydrogen-bond acceptors (Lipinski definition) is 6. The van der Waals surface area contributed by atoms with E-state index in [1.165, 1.54) is 18.4 Å². The third-order valence-electron chi connectivity index (χ3n) is 5.10. The molecule has 0 fully saturated rings. The van der Waals surface area contributed by atoms with Crippen molar-refractivity contribution in [2.75, 3.05) is 29.5 Å². The van der Waals surface area contributed by atoms with Crippen molar-refractivity contribution in [2.45, 2.75) is 33.1 Å². The maximum atomic E-state index is 12.8. The fraction of sp³-hybridized carbons (Fsp3) is 0.400. The third-order valence-corrected chi connectivity index (χ3v) is 7.43. The summed E-state index contributed by atoms with van der Waals surface area (Å²) in [5.74, 6) is -1.00. The summed E-state index contributed by atoms with van der Waals surface area (Å²) in [5, 5.41) is 3.15. The number of nitrogens with one attached hydrogen (secondary N) is 1. The normalized spacial score (nSPS) is 13.1. The van der Waals surface area contributed by atoms with Gasteiger partial charge in [-0.05, 0) is 55.9 Å². The molecule has 0 spiro atoms. The van der Waals surface area contributed by atoms with Crippen LogP contribution in [-0.4, -0.2) is 40.2 Å². The van der Waals surface area contributed by atoms with Crippen LogP contribution in [-0.2, 0) is 32.4 Å². The molecule has 0 aliphatic heterocycles. The van der Waals surface area contributed by atoms with Crippen LogP contribution >= 0.6 is 11.3 Å². The Labute approximate surface area is 174 Å². The summed E-state index contributed by atoms with van der Waals surface area (Å²) >= 11 is 1.36. The number of thiophene rings is 1. The maximum absolute atomic E-state index is 12.8. The smallest absolute Gasteiger partial charge is 0.341 e. The minimum absolute atomic E-state index is 0.383. The van der Waals surface area contributed by atoms with Gasteiger partial charge in [0.2, 0.25) is 15.9 Å². The average Bonchev–Trinajstić information content (AvgIpc) is 3.21. The number of fused-ring (bicyclic) bond motifs is 1. The summed E-state index contributed by atoms with van der Waals surface area (Å²) in [5.41, 5.74) is 3.49. The Morgan fingerprint density at radius 3 is 2.62 bits per heavy atom. The molecule has 2 aromatic rings. The van der Waals surface area contributed by atoms with E-state index in [4.69, 9.17) is 4.74 Å². The van der Waals surface area contributed by atoms with Crippen molar-refractivity contribution in [3.63, 3.8) is 0 Å². The number of benzene rings is 1. The van der Waals surface area contributed by atoms with Crippen LogP contribution in [0.15, 0.2) is 18.2 Å². The van der Waals surface area contributed by atoms with E-state index in [0.717, 1.165) is 51.4 Å². The van der Waals surface area contributed by atoms with Gasteiger partial charge in [0.1, 0.15) is 11.5 Å². The molecule has 1 aromatic heterocycles. The van der Waals surface area contributed by atoms with Gasteiger partial charge in [-0.3, -0.25) is 9.10 Å². The van der Waals surface area contributed by atoms with Crippen molar-refractivity contribution >= 4 is 43.9 Å². The zero-order valence-electron chi connectivity index (χ0n) is 16.9. The lowest BCUT2D eigenvalue weighted by Crippen LogP contribution is -2.38. The van der Waals surface area contributed by atoms with Gasteiger partial charge in [-0.25, -0.2) is 13.2 Å². The standard InChI is InChI=1S/C20H24N2O5S2/c1-12-7-5-9-15(13(12)2)22(29(4,25)26)11-17(23)21-19-18(20(24)27-3)14-8-6-10-16(14)28-19/h5,7,9H,6,8,10-11H2,1-4H3,(H,21,23). The molecule has 29 heavy (non-hydrogen) atoms. The maximum Gasteiger partial charge on any atom is 0.341 e. The van der Waals surface area contributed by atoms with E-state index >= 15 is 0 Å². The lowest BCUT2D eigenvalue weighted by Gasteiger charge is -2.24. The van der Waals surface area contributed by atoms with Crippen LogP contribution in [0.1, 0.15) is 38.3 Å². The highest BCUT2D eigenvalue weighted by Gasteiger charge is 2.29. The Kier molecular flexibility index (Phi) is 6.00. The largest absolute Gasteiger partial charge is 0.465 e. The molecule has 0 radical (unpaired) electrons. The Balaban J connectivity index is 1.89. The van der Waals surface area contributed by atoms with Crippen LogP contribution in [0, 0.1) is 13.8 Å². The number of hydrogen-bond donors (Lipinski definition) is 1. The van der Waals surface area contributed by atoms with Crippen molar-refractivity contribution in [1.29, 1.82) is 0 Å². The molecular formula is C20H24N2O5S2. The number of esters is 1. The SMILES string of the molecule is COC(=O)c1c(NC(=O)CN(c2cccc(C)c2C)S(C)(=O)=O)sc2c1CCC2. The van der Waals surface area contributed by atoms with E-state index in [9.17, 15) is 18.0 Å². The van der Waals surface area contributed by atoms with E-state index < -0.39 is 21.9 Å². The van der Waals surface area contributed by atoms with Gasteiger partial charge in [0.05, 0.1) is 24.6 Å². The Hall–Kier alpha value is -2.39. The number of sulfonamides is 1. The fourth-order valence-electron chi connectivity index (χ4n) is 3.49. The van der Waals surface area contributed by atoms with Gasteiger partial charge in [0, 0.05) is 4.88 Å². The van der Waals surface area contributed by atoms with Crippen LogP contribution in [0.2, 0.25) is 0 Å². The van der Waals surface area contributed by atoms with Crippen molar-refractivity contribution in [2.24, 2.45) is 0 Å².